The quantitative estimate of drug-likeness (QED) is 0.734. The van der Waals surface area contributed by atoms with Gasteiger partial charge in [0.25, 0.3) is 5.56 Å². The molecule has 0 saturated carbocycles. The average Bonchev–Trinajstić information content (AvgIpc) is 2.85. The molecule has 0 saturated heterocycles. The first kappa shape index (κ1) is 12.0. The number of rotatable bonds is 2. The number of hydrogen-bond donors (Lipinski definition) is 1. The number of nitrogen functional groups attached to an aromatic ring is 1. The van der Waals surface area contributed by atoms with Gasteiger partial charge in [-0.25, -0.2) is 4.52 Å². The number of fused-ring (bicyclic) bond motifs is 1. The molecule has 3 rings (SSSR count). The van der Waals surface area contributed by atoms with Crippen LogP contribution >= 0.6 is 15.9 Å². The maximum atomic E-state index is 12.2. The highest BCUT2D eigenvalue weighted by molar-refractivity contribution is 9.10. The normalized spacial score (nSPS) is 11.0. The number of aromatic nitrogens is 3. The van der Waals surface area contributed by atoms with E-state index in [-0.39, 0.29) is 5.56 Å². The second-order valence-electron chi connectivity index (χ2n) is 4.24. The molecule has 2 N–H and O–H groups in total. The Kier molecular flexibility index (Phi) is 2.87. The standard InChI is InChI=1S/C13H11BrN4O/c14-11-7-10(15)2-1-9(11)8-17-5-6-18-12(13(17)19)3-4-16-18/h1-7H,8,15H2. The van der Waals surface area contributed by atoms with Gasteiger partial charge < -0.3 is 10.3 Å². The highest BCUT2D eigenvalue weighted by atomic mass is 79.9. The smallest absolute Gasteiger partial charge is 0.276 e. The molecular formula is C13H11BrN4O. The van der Waals surface area contributed by atoms with Crippen LogP contribution in [0.15, 0.2) is 52.1 Å². The van der Waals surface area contributed by atoms with Crippen LogP contribution in [0.4, 0.5) is 5.69 Å². The van der Waals surface area contributed by atoms with Gasteiger partial charge >= 0.3 is 0 Å². The molecule has 2 aromatic heterocycles. The molecule has 6 heteroatoms. The molecule has 0 unspecified atom stereocenters. The highest BCUT2D eigenvalue weighted by Gasteiger charge is 2.06. The molecule has 2 heterocycles. The van der Waals surface area contributed by atoms with Gasteiger partial charge in [0.2, 0.25) is 0 Å². The summed E-state index contributed by atoms with van der Waals surface area (Å²) in [6.07, 6.45) is 5.10. The number of halogens is 1. The van der Waals surface area contributed by atoms with E-state index in [0.29, 0.717) is 17.7 Å². The third kappa shape index (κ3) is 2.15. The lowest BCUT2D eigenvalue weighted by molar-refractivity contribution is 0.741. The van der Waals surface area contributed by atoms with E-state index in [0.717, 1.165) is 10.0 Å². The fourth-order valence-electron chi connectivity index (χ4n) is 1.96. The molecule has 5 nitrogen and oxygen atoms in total. The van der Waals surface area contributed by atoms with Crippen LogP contribution in [0.2, 0.25) is 0 Å². The number of anilines is 1. The summed E-state index contributed by atoms with van der Waals surface area (Å²) in [5.74, 6) is 0. The van der Waals surface area contributed by atoms with E-state index >= 15 is 0 Å². The lowest BCUT2D eigenvalue weighted by atomic mass is 10.2. The Morgan fingerprint density at radius 1 is 1.26 bits per heavy atom. The van der Waals surface area contributed by atoms with Crippen molar-refractivity contribution in [1.82, 2.24) is 14.2 Å². The fourth-order valence-corrected chi connectivity index (χ4v) is 2.48. The van der Waals surface area contributed by atoms with E-state index < -0.39 is 0 Å². The van der Waals surface area contributed by atoms with Gasteiger partial charge in [0.1, 0.15) is 5.52 Å². The van der Waals surface area contributed by atoms with Gasteiger partial charge in [0, 0.05) is 22.6 Å². The maximum Gasteiger partial charge on any atom is 0.276 e. The van der Waals surface area contributed by atoms with Crippen LogP contribution in [-0.2, 0) is 6.54 Å². The summed E-state index contributed by atoms with van der Waals surface area (Å²) in [4.78, 5) is 12.2. The van der Waals surface area contributed by atoms with E-state index in [9.17, 15) is 4.79 Å². The molecule has 0 aliphatic heterocycles. The van der Waals surface area contributed by atoms with Crippen molar-refractivity contribution >= 4 is 27.1 Å². The van der Waals surface area contributed by atoms with Crippen molar-refractivity contribution in [3.8, 4) is 0 Å². The molecule has 96 valence electrons. The van der Waals surface area contributed by atoms with Crippen LogP contribution in [-0.4, -0.2) is 14.2 Å². The first-order chi connectivity index (χ1) is 9.15. The van der Waals surface area contributed by atoms with Crippen LogP contribution in [0.3, 0.4) is 0 Å². The van der Waals surface area contributed by atoms with Gasteiger partial charge in [-0.05, 0) is 23.8 Å². The molecule has 0 atom stereocenters. The number of benzene rings is 1. The van der Waals surface area contributed by atoms with E-state index in [1.165, 1.54) is 0 Å². The molecule has 0 amide bonds. The minimum atomic E-state index is -0.0660. The van der Waals surface area contributed by atoms with Crippen molar-refractivity contribution in [1.29, 1.82) is 0 Å². The molecule has 0 spiro atoms. The number of hydrogen-bond acceptors (Lipinski definition) is 3. The zero-order chi connectivity index (χ0) is 13.4. The van der Waals surface area contributed by atoms with Gasteiger partial charge in [-0.3, -0.25) is 4.79 Å². The van der Waals surface area contributed by atoms with E-state index in [1.807, 2.05) is 18.2 Å². The summed E-state index contributed by atoms with van der Waals surface area (Å²) in [6.45, 7) is 0.487. The minimum absolute atomic E-state index is 0.0660. The highest BCUT2D eigenvalue weighted by Crippen LogP contribution is 2.20. The van der Waals surface area contributed by atoms with Gasteiger partial charge in [0.05, 0.1) is 12.7 Å². The van der Waals surface area contributed by atoms with Gasteiger partial charge in [-0.1, -0.05) is 22.0 Å². The molecule has 0 aliphatic rings. The van der Waals surface area contributed by atoms with Crippen LogP contribution in [0.5, 0.6) is 0 Å². The van der Waals surface area contributed by atoms with Crippen LogP contribution in [0.1, 0.15) is 5.56 Å². The SMILES string of the molecule is Nc1ccc(Cn2ccn3nccc3c2=O)c(Br)c1. The zero-order valence-corrected chi connectivity index (χ0v) is 11.5. The van der Waals surface area contributed by atoms with Crippen LogP contribution < -0.4 is 11.3 Å². The summed E-state index contributed by atoms with van der Waals surface area (Å²) < 4.78 is 4.11. The summed E-state index contributed by atoms with van der Waals surface area (Å²) in [5.41, 5.74) is 7.89. The third-order valence-corrected chi connectivity index (χ3v) is 3.69. The molecule has 0 aliphatic carbocycles. The lowest BCUT2D eigenvalue weighted by Gasteiger charge is -2.08. The zero-order valence-electron chi connectivity index (χ0n) is 9.95. The maximum absolute atomic E-state index is 12.2. The van der Waals surface area contributed by atoms with Crippen molar-refractivity contribution in [2.24, 2.45) is 0 Å². The van der Waals surface area contributed by atoms with Crippen LogP contribution in [0.25, 0.3) is 5.52 Å². The predicted molar refractivity (Wildman–Crippen MR) is 77.1 cm³/mol. The number of nitrogens with zero attached hydrogens (tertiary/aromatic N) is 3. The minimum Gasteiger partial charge on any atom is -0.399 e. The molecule has 0 fully saturated rings. The largest absolute Gasteiger partial charge is 0.399 e. The molecular weight excluding hydrogens is 308 g/mol. The Hall–Kier alpha value is -2.08. The summed E-state index contributed by atoms with van der Waals surface area (Å²) in [5, 5.41) is 4.03. The predicted octanol–water partition coefficient (Wildman–Crippen LogP) is 1.89. The average molecular weight is 319 g/mol. The second kappa shape index (κ2) is 4.55. The Labute approximate surface area is 117 Å². The molecule has 1 aromatic carbocycles. The molecule has 0 bridgehead atoms. The van der Waals surface area contributed by atoms with Gasteiger partial charge in [0.15, 0.2) is 0 Å². The van der Waals surface area contributed by atoms with Crippen molar-refractivity contribution in [3.05, 3.63) is 63.2 Å². The van der Waals surface area contributed by atoms with E-state index in [2.05, 4.69) is 21.0 Å². The monoisotopic (exact) mass is 318 g/mol. The molecule has 19 heavy (non-hydrogen) atoms. The topological polar surface area (TPSA) is 65.3 Å². The Morgan fingerprint density at radius 2 is 2.11 bits per heavy atom. The first-order valence-electron chi connectivity index (χ1n) is 5.72. The van der Waals surface area contributed by atoms with Crippen molar-refractivity contribution in [3.63, 3.8) is 0 Å². The van der Waals surface area contributed by atoms with Crippen LogP contribution in [0, 0.1) is 0 Å². The van der Waals surface area contributed by atoms with E-state index in [1.54, 1.807) is 33.7 Å². The first-order valence-corrected chi connectivity index (χ1v) is 6.51. The van der Waals surface area contributed by atoms with E-state index in [4.69, 9.17) is 5.73 Å². The van der Waals surface area contributed by atoms with Gasteiger partial charge in [-0.15, -0.1) is 0 Å². The third-order valence-electron chi connectivity index (χ3n) is 2.96. The van der Waals surface area contributed by atoms with Gasteiger partial charge in [-0.2, -0.15) is 5.10 Å². The van der Waals surface area contributed by atoms with Crippen molar-refractivity contribution in [2.75, 3.05) is 5.73 Å². The van der Waals surface area contributed by atoms with Crippen molar-refractivity contribution in [2.45, 2.75) is 6.54 Å². The Balaban J connectivity index is 2.05. The lowest BCUT2D eigenvalue weighted by Crippen LogP contribution is -2.22. The second-order valence-corrected chi connectivity index (χ2v) is 5.10. The number of nitrogens with two attached hydrogens (primary N) is 1. The Bertz CT molecular complexity index is 806. The molecule has 3 aromatic rings. The van der Waals surface area contributed by atoms with Crippen molar-refractivity contribution < 1.29 is 0 Å². The summed E-state index contributed by atoms with van der Waals surface area (Å²) in [7, 11) is 0. The summed E-state index contributed by atoms with van der Waals surface area (Å²) in [6, 6.07) is 7.27. The molecule has 0 radical (unpaired) electrons. The Morgan fingerprint density at radius 3 is 2.89 bits per heavy atom. The fraction of sp³-hybridized carbons (Fsp3) is 0.0769. The summed E-state index contributed by atoms with van der Waals surface area (Å²) >= 11 is 3.46.